The van der Waals surface area contributed by atoms with Gasteiger partial charge in [-0.1, -0.05) is 44.2 Å². The molecule has 0 saturated carbocycles. The van der Waals surface area contributed by atoms with E-state index in [-0.39, 0.29) is 35.8 Å². The van der Waals surface area contributed by atoms with Crippen molar-refractivity contribution >= 4 is 17.8 Å². The zero-order chi connectivity index (χ0) is 29.8. The van der Waals surface area contributed by atoms with Crippen LogP contribution in [0.25, 0.3) is 0 Å². The third kappa shape index (κ3) is 9.72. The van der Waals surface area contributed by atoms with Gasteiger partial charge in [-0.05, 0) is 31.2 Å². The second kappa shape index (κ2) is 15.9. The van der Waals surface area contributed by atoms with Crippen molar-refractivity contribution < 1.29 is 42.8 Å². The van der Waals surface area contributed by atoms with Crippen LogP contribution < -0.4 is 14.8 Å². The largest absolute Gasteiger partial charge is 0.493 e. The van der Waals surface area contributed by atoms with Gasteiger partial charge >= 0.3 is 11.9 Å². The molecule has 0 spiro atoms. The van der Waals surface area contributed by atoms with Gasteiger partial charge in [0.25, 0.3) is 5.91 Å². The number of ether oxygens (including phenoxy) is 6. The molecule has 1 fully saturated rings. The van der Waals surface area contributed by atoms with E-state index in [4.69, 9.17) is 28.4 Å². The van der Waals surface area contributed by atoms with Crippen molar-refractivity contribution in [3.63, 3.8) is 0 Å². The molecule has 1 N–H and O–H groups in total. The van der Waals surface area contributed by atoms with Gasteiger partial charge < -0.3 is 33.7 Å². The van der Waals surface area contributed by atoms with Crippen LogP contribution >= 0.6 is 0 Å². The van der Waals surface area contributed by atoms with Crippen LogP contribution in [0.1, 0.15) is 50.2 Å². The number of hydrogen-bond donors (Lipinski definition) is 1. The molecular formula is C30H40N2O9. The first-order chi connectivity index (χ1) is 19.7. The van der Waals surface area contributed by atoms with Crippen LogP contribution in [-0.4, -0.2) is 74.8 Å². The summed E-state index contributed by atoms with van der Waals surface area (Å²) in [4.78, 5) is 41.7. The van der Waals surface area contributed by atoms with Crippen LogP contribution in [0.4, 0.5) is 0 Å². The standard InChI is InChI=1S/C30H40N2O9/c1-19(2)15-38-27-20(3)41-30(35)24(17-37-16-23(27)12-11-22-9-7-6-8-10-22)32-29(34)26-28(40-18-39-21(4)33)25(36-5)13-14-31-26/h6-10,13-14,19-20,23-24,27H,11-12,15-18H2,1-5H3,(H,32,34). The van der Waals surface area contributed by atoms with Gasteiger partial charge in [-0.25, -0.2) is 9.78 Å². The minimum Gasteiger partial charge on any atom is -0.493 e. The lowest BCUT2D eigenvalue weighted by Crippen LogP contribution is -2.46. The zero-order valence-electron chi connectivity index (χ0n) is 24.3. The van der Waals surface area contributed by atoms with Gasteiger partial charge in [0, 0.05) is 31.7 Å². The molecule has 0 radical (unpaired) electrons. The SMILES string of the molecule is COc1ccnc(C(=O)NC2COCC(CCc3ccccc3)C(OCC(C)C)C(C)OC2=O)c1OCOC(C)=O. The molecule has 0 aliphatic carbocycles. The summed E-state index contributed by atoms with van der Waals surface area (Å²) < 4.78 is 33.6. The molecule has 11 nitrogen and oxygen atoms in total. The van der Waals surface area contributed by atoms with Gasteiger partial charge in [-0.3, -0.25) is 9.59 Å². The Morgan fingerprint density at radius 3 is 2.59 bits per heavy atom. The Balaban J connectivity index is 1.76. The Labute approximate surface area is 240 Å². The van der Waals surface area contributed by atoms with Gasteiger partial charge in [0.05, 0.1) is 26.4 Å². The number of carbonyl (C=O) groups excluding carboxylic acids is 3. The number of nitrogens with one attached hydrogen (secondary N) is 1. The summed E-state index contributed by atoms with van der Waals surface area (Å²) in [7, 11) is 1.40. The number of benzene rings is 1. The third-order valence-corrected chi connectivity index (χ3v) is 6.47. The molecule has 0 bridgehead atoms. The molecule has 1 aliphatic rings. The Morgan fingerprint density at radius 2 is 1.90 bits per heavy atom. The van der Waals surface area contributed by atoms with Gasteiger partial charge in [0.1, 0.15) is 6.10 Å². The van der Waals surface area contributed by atoms with E-state index >= 15 is 0 Å². The third-order valence-electron chi connectivity index (χ3n) is 6.47. The number of cyclic esters (lactones) is 1. The molecule has 1 aromatic heterocycles. The van der Waals surface area contributed by atoms with E-state index in [0.29, 0.717) is 19.1 Å². The molecule has 2 aromatic rings. The number of esters is 2. The summed E-state index contributed by atoms with van der Waals surface area (Å²) in [6.07, 6.45) is 1.97. The van der Waals surface area contributed by atoms with Crippen LogP contribution in [0.3, 0.4) is 0 Å². The minimum atomic E-state index is -1.11. The van der Waals surface area contributed by atoms with Gasteiger partial charge in [0.15, 0.2) is 23.2 Å². The normalized spacial score (nSPS) is 21.2. The first-order valence-corrected chi connectivity index (χ1v) is 13.7. The van der Waals surface area contributed by atoms with E-state index in [1.165, 1.54) is 31.9 Å². The van der Waals surface area contributed by atoms with Crippen molar-refractivity contribution in [2.75, 3.05) is 33.7 Å². The summed E-state index contributed by atoms with van der Waals surface area (Å²) in [6, 6.07) is 10.5. The van der Waals surface area contributed by atoms with E-state index in [1.807, 2.05) is 18.2 Å². The van der Waals surface area contributed by atoms with Crippen molar-refractivity contribution in [1.82, 2.24) is 10.3 Å². The summed E-state index contributed by atoms with van der Waals surface area (Å²) >= 11 is 0. The van der Waals surface area contributed by atoms with Crippen LogP contribution in [-0.2, 0) is 35.0 Å². The molecule has 1 aromatic carbocycles. The number of hydrogen-bond acceptors (Lipinski definition) is 10. The number of pyridine rings is 1. The molecule has 1 aliphatic heterocycles. The van der Waals surface area contributed by atoms with Crippen molar-refractivity contribution in [3.8, 4) is 11.5 Å². The average Bonchev–Trinajstić information content (AvgIpc) is 2.99. The fourth-order valence-electron chi connectivity index (χ4n) is 4.43. The van der Waals surface area contributed by atoms with Crippen LogP contribution in [0, 0.1) is 11.8 Å². The first-order valence-electron chi connectivity index (χ1n) is 13.7. The highest BCUT2D eigenvalue weighted by Gasteiger charge is 2.36. The number of nitrogens with zero attached hydrogens (tertiary/aromatic N) is 1. The van der Waals surface area contributed by atoms with E-state index in [2.05, 4.69) is 36.3 Å². The molecular weight excluding hydrogens is 532 g/mol. The monoisotopic (exact) mass is 572 g/mol. The lowest BCUT2D eigenvalue weighted by atomic mass is 9.92. The predicted octanol–water partition coefficient (Wildman–Crippen LogP) is 3.34. The van der Waals surface area contributed by atoms with E-state index in [0.717, 1.165) is 12.8 Å². The van der Waals surface area contributed by atoms with Crippen molar-refractivity contribution in [2.45, 2.75) is 58.8 Å². The molecule has 2 heterocycles. The minimum absolute atomic E-state index is 0.0393. The van der Waals surface area contributed by atoms with Gasteiger partial charge in [-0.2, -0.15) is 0 Å². The number of aromatic nitrogens is 1. The molecule has 224 valence electrons. The van der Waals surface area contributed by atoms with Gasteiger partial charge in [0.2, 0.25) is 6.79 Å². The average molecular weight is 573 g/mol. The summed E-state index contributed by atoms with van der Waals surface area (Å²) in [5.74, 6) is -1.52. The maximum atomic E-state index is 13.3. The highest BCUT2D eigenvalue weighted by Crippen LogP contribution is 2.30. The number of amides is 1. The van der Waals surface area contributed by atoms with Crippen LogP contribution in [0.2, 0.25) is 0 Å². The molecule has 41 heavy (non-hydrogen) atoms. The topological polar surface area (TPSA) is 132 Å². The number of rotatable bonds is 12. The number of aryl methyl sites for hydroxylation is 1. The Bertz CT molecular complexity index is 1140. The Morgan fingerprint density at radius 1 is 1.15 bits per heavy atom. The molecule has 1 saturated heterocycles. The Hall–Kier alpha value is -3.70. The molecule has 4 atom stereocenters. The predicted molar refractivity (Wildman–Crippen MR) is 149 cm³/mol. The maximum Gasteiger partial charge on any atom is 0.331 e. The first kappa shape index (κ1) is 31.8. The smallest absolute Gasteiger partial charge is 0.331 e. The van der Waals surface area contributed by atoms with E-state index in [1.54, 1.807) is 6.92 Å². The molecule has 4 unspecified atom stereocenters. The highest BCUT2D eigenvalue weighted by molar-refractivity contribution is 5.98. The van der Waals surface area contributed by atoms with E-state index < -0.39 is 36.8 Å². The summed E-state index contributed by atoms with van der Waals surface area (Å²) in [5.41, 5.74) is 1.04. The second-order valence-electron chi connectivity index (χ2n) is 10.3. The van der Waals surface area contributed by atoms with Crippen molar-refractivity contribution in [2.24, 2.45) is 11.8 Å². The second-order valence-corrected chi connectivity index (χ2v) is 10.3. The maximum absolute atomic E-state index is 13.3. The summed E-state index contributed by atoms with van der Waals surface area (Å²) in [5, 5.41) is 2.64. The fraction of sp³-hybridized carbons (Fsp3) is 0.533. The lowest BCUT2D eigenvalue weighted by molar-refractivity contribution is -0.161. The molecule has 1 amide bonds. The Kier molecular flexibility index (Phi) is 12.4. The van der Waals surface area contributed by atoms with Gasteiger partial charge in [-0.15, -0.1) is 0 Å². The van der Waals surface area contributed by atoms with Crippen LogP contribution in [0.5, 0.6) is 11.5 Å². The number of carbonyl (C=O) groups is 3. The van der Waals surface area contributed by atoms with Crippen molar-refractivity contribution in [3.05, 3.63) is 53.9 Å². The summed E-state index contributed by atoms with van der Waals surface area (Å²) in [6.45, 7) is 7.41. The van der Waals surface area contributed by atoms with E-state index in [9.17, 15) is 14.4 Å². The zero-order valence-corrected chi connectivity index (χ0v) is 24.3. The quantitative estimate of drug-likeness (QED) is 0.298. The molecule has 3 rings (SSSR count). The lowest BCUT2D eigenvalue weighted by Gasteiger charge is -2.31. The highest BCUT2D eigenvalue weighted by atomic mass is 16.7. The van der Waals surface area contributed by atoms with Crippen molar-refractivity contribution in [1.29, 1.82) is 0 Å². The van der Waals surface area contributed by atoms with Crippen LogP contribution in [0.15, 0.2) is 42.6 Å². The molecule has 11 heteroatoms. The number of methoxy groups -OCH3 is 1. The fourth-order valence-corrected chi connectivity index (χ4v) is 4.43.